The van der Waals surface area contributed by atoms with E-state index < -0.39 is 5.41 Å². The van der Waals surface area contributed by atoms with Crippen molar-refractivity contribution in [2.75, 3.05) is 49.5 Å². The molecule has 174 valence electrons. The summed E-state index contributed by atoms with van der Waals surface area (Å²) in [5.41, 5.74) is 0.991. The fraction of sp³-hybridized carbons (Fsp3) is 0.440. The highest BCUT2D eigenvalue weighted by molar-refractivity contribution is 7.13. The van der Waals surface area contributed by atoms with Crippen LogP contribution in [0.1, 0.15) is 32.3 Å². The summed E-state index contributed by atoms with van der Waals surface area (Å²) in [6, 6.07) is 11.3. The van der Waals surface area contributed by atoms with Crippen LogP contribution in [0.3, 0.4) is 0 Å². The lowest BCUT2D eigenvalue weighted by molar-refractivity contribution is -0.117. The van der Waals surface area contributed by atoms with Crippen molar-refractivity contribution in [3.63, 3.8) is 0 Å². The van der Waals surface area contributed by atoms with Crippen LogP contribution in [-0.4, -0.2) is 54.5 Å². The number of anilines is 2. The van der Waals surface area contributed by atoms with E-state index in [-0.39, 0.29) is 11.7 Å². The van der Waals surface area contributed by atoms with E-state index in [1.54, 1.807) is 11.5 Å². The van der Waals surface area contributed by atoms with E-state index in [0.717, 1.165) is 50.5 Å². The Hall–Kier alpha value is -2.71. The summed E-state index contributed by atoms with van der Waals surface area (Å²) in [5, 5.41) is 4.12. The van der Waals surface area contributed by atoms with E-state index in [4.69, 9.17) is 4.74 Å². The Kier molecular flexibility index (Phi) is 5.97. The Balaban J connectivity index is 1.14. The molecule has 0 atom stereocenters. The van der Waals surface area contributed by atoms with Gasteiger partial charge >= 0.3 is 0 Å². The summed E-state index contributed by atoms with van der Waals surface area (Å²) in [6.45, 7) is 9.17. The molecule has 1 saturated heterocycles. The van der Waals surface area contributed by atoms with Crippen molar-refractivity contribution in [3.05, 3.63) is 47.8 Å². The summed E-state index contributed by atoms with van der Waals surface area (Å²) in [5.74, 6) is 1.12. The van der Waals surface area contributed by atoms with E-state index in [1.807, 2.05) is 13.8 Å². The number of halogens is 1. The second kappa shape index (κ2) is 8.91. The van der Waals surface area contributed by atoms with Crippen molar-refractivity contribution in [1.29, 1.82) is 0 Å². The van der Waals surface area contributed by atoms with Crippen LogP contribution in [0.2, 0.25) is 0 Å². The molecule has 2 aliphatic rings. The van der Waals surface area contributed by atoms with Crippen molar-refractivity contribution in [3.8, 4) is 5.75 Å². The summed E-state index contributed by atoms with van der Waals surface area (Å²) in [6.07, 6.45) is 1.17. The molecule has 6 nitrogen and oxygen atoms in total. The summed E-state index contributed by atoms with van der Waals surface area (Å²) in [7, 11) is 0. The predicted molar refractivity (Wildman–Crippen MR) is 131 cm³/mol. The number of rotatable bonds is 6. The van der Waals surface area contributed by atoms with Crippen LogP contribution < -0.4 is 15.0 Å². The van der Waals surface area contributed by atoms with Gasteiger partial charge in [-0.3, -0.25) is 9.69 Å². The van der Waals surface area contributed by atoms with Crippen molar-refractivity contribution in [1.82, 2.24) is 9.27 Å². The minimum absolute atomic E-state index is 0.0604. The minimum atomic E-state index is -0.416. The molecule has 0 unspecified atom stereocenters. The summed E-state index contributed by atoms with van der Waals surface area (Å²) in [4.78, 5) is 16.9. The van der Waals surface area contributed by atoms with Crippen LogP contribution >= 0.6 is 11.5 Å². The number of piperazine rings is 1. The number of ether oxygens (including phenoxy) is 1. The monoisotopic (exact) mass is 468 g/mol. The SMILES string of the molecule is CC1(C)CC(=O)Nc2c(OCCCN3CCN(c4nsc5ccccc45)CC3)cc(F)cc21. The lowest BCUT2D eigenvalue weighted by Crippen LogP contribution is -2.47. The summed E-state index contributed by atoms with van der Waals surface area (Å²) >= 11 is 1.56. The fourth-order valence-electron chi connectivity index (χ4n) is 4.79. The van der Waals surface area contributed by atoms with Crippen LogP contribution in [0.4, 0.5) is 15.9 Å². The van der Waals surface area contributed by atoms with Gasteiger partial charge in [0.05, 0.1) is 17.0 Å². The molecule has 33 heavy (non-hydrogen) atoms. The molecule has 1 aromatic heterocycles. The molecule has 2 aliphatic heterocycles. The zero-order valence-corrected chi connectivity index (χ0v) is 19.9. The van der Waals surface area contributed by atoms with Crippen molar-refractivity contribution < 1.29 is 13.9 Å². The molecule has 0 radical (unpaired) electrons. The first kappa shape index (κ1) is 22.1. The molecule has 8 heteroatoms. The van der Waals surface area contributed by atoms with Gasteiger partial charge in [0.25, 0.3) is 0 Å². The number of carbonyl (C=O) groups is 1. The molecule has 0 saturated carbocycles. The molecule has 0 spiro atoms. The number of nitrogens with zero attached hydrogens (tertiary/aromatic N) is 3. The van der Waals surface area contributed by atoms with Gasteiger partial charge in [-0.2, -0.15) is 4.37 Å². The topological polar surface area (TPSA) is 57.7 Å². The van der Waals surface area contributed by atoms with Gasteiger partial charge in [-0.15, -0.1) is 0 Å². The van der Waals surface area contributed by atoms with Crippen LogP contribution in [0.25, 0.3) is 10.1 Å². The minimum Gasteiger partial charge on any atom is -0.491 e. The first-order valence-electron chi connectivity index (χ1n) is 11.5. The zero-order chi connectivity index (χ0) is 23.0. The lowest BCUT2D eigenvalue weighted by atomic mass is 9.78. The molecule has 1 fully saturated rings. The van der Waals surface area contributed by atoms with Crippen LogP contribution in [-0.2, 0) is 10.2 Å². The van der Waals surface area contributed by atoms with Crippen molar-refractivity contribution >= 4 is 39.0 Å². The molecule has 1 N–H and O–H groups in total. The maximum atomic E-state index is 14.2. The number of hydrogen-bond donors (Lipinski definition) is 1. The molecule has 3 aromatic rings. The summed E-state index contributed by atoms with van der Waals surface area (Å²) < 4.78 is 26.1. The van der Waals surface area contributed by atoms with Gasteiger partial charge in [0, 0.05) is 56.0 Å². The van der Waals surface area contributed by atoms with E-state index in [1.165, 1.54) is 22.2 Å². The number of benzene rings is 2. The molecule has 1 amide bonds. The van der Waals surface area contributed by atoms with Gasteiger partial charge in [-0.25, -0.2) is 4.39 Å². The van der Waals surface area contributed by atoms with Crippen molar-refractivity contribution in [2.24, 2.45) is 0 Å². The van der Waals surface area contributed by atoms with E-state index in [0.29, 0.717) is 24.5 Å². The van der Waals surface area contributed by atoms with E-state index in [2.05, 4.69) is 43.8 Å². The zero-order valence-electron chi connectivity index (χ0n) is 19.1. The molecule has 0 bridgehead atoms. The molecular formula is C25H29FN4O2S. The van der Waals surface area contributed by atoms with Gasteiger partial charge in [-0.05, 0) is 41.7 Å². The molecule has 2 aromatic carbocycles. The second-order valence-electron chi connectivity index (χ2n) is 9.47. The third kappa shape index (κ3) is 4.54. The predicted octanol–water partition coefficient (Wildman–Crippen LogP) is 4.65. The Morgan fingerprint density at radius 1 is 1.18 bits per heavy atom. The third-order valence-corrected chi connectivity index (χ3v) is 7.39. The largest absolute Gasteiger partial charge is 0.491 e. The van der Waals surface area contributed by atoms with Crippen LogP contribution in [0.15, 0.2) is 36.4 Å². The number of carbonyl (C=O) groups excluding carboxylic acids is 1. The van der Waals surface area contributed by atoms with Crippen LogP contribution in [0, 0.1) is 5.82 Å². The maximum absolute atomic E-state index is 14.2. The average Bonchev–Trinajstić information content (AvgIpc) is 3.21. The van der Waals surface area contributed by atoms with Gasteiger partial charge in [0.2, 0.25) is 5.91 Å². The number of aromatic nitrogens is 1. The lowest BCUT2D eigenvalue weighted by Gasteiger charge is -2.35. The van der Waals surface area contributed by atoms with E-state index >= 15 is 0 Å². The Labute approximate surface area is 197 Å². The highest BCUT2D eigenvalue weighted by Gasteiger charge is 2.34. The highest BCUT2D eigenvalue weighted by Crippen LogP contribution is 2.42. The third-order valence-electron chi connectivity index (χ3n) is 6.57. The van der Waals surface area contributed by atoms with E-state index in [9.17, 15) is 9.18 Å². The Bertz CT molecular complexity index is 1170. The molecule has 3 heterocycles. The number of fused-ring (bicyclic) bond motifs is 2. The molecule has 5 rings (SSSR count). The second-order valence-corrected chi connectivity index (χ2v) is 10.3. The first-order valence-corrected chi connectivity index (χ1v) is 12.3. The molecular weight excluding hydrogens is 439 g/mol. The Morgan fingerprint density at radius 3 is 2.79 bits per heavy atom. The van der Waals surface area contributed by atoms with Gasteiger partial charge in [-0.1, -0.05) is 26.0 Å². The smallest absolute Gasteiger partial charge is 0.225 e. The normalized spacial score (nSPS) is 18.3. The first-order chi connectivity index (χ1) is 15.9. The van der Waals surface area contributed by atoms with Crippen LogP contribution in [0.5, 0.6) is 5.75 Å². The maximum Gasteiger partial charge on any atom is 0.225 e. The standard InChI is InChI=1S/C25H29FN4O2S/c1-25(2)16-22(31)27-23-19(25)14-17(26)15-20(23)32-13-5-8-29-9-11-30(12-10-29)24-18-6-3-4-7-21(18)33-28-24/h3-4,6-7,14-15H,5,8-13,16H2,1-2H3,(H,27,31). The van der Waals surface area contributed by atoms with Gasteiger partial charge in [0.15, 0.2) is 0 Å². The van der Waals surface area contributed by atoms with Crippen molar-refractivity contribution in [2.45, 2.75) is 32.1 Å². The quantitative estimate of drug-likeness (QED) is 0.534. The fourth-order valence-corrected chi connectivity index (χ4v) is 5.59. The van der Waals surface area contributed by atoms with Gasteiger partial charge < -0.3 is 15.0 Å². The average molecular weight is 469 g/mol. The Morgan fingerprint density at radius 2 is 1.97 bits per heavy atom. The number of nitrogens with one attached hydrogen (secondary N) is 1. The highest BCUT2D eigenvalue weighted by atomic mass is 32.1. The number of hydrogen-bond acceptors (Lipinski definition) is 6. The number of amides is 1. The van der Waals surface area contributed by atoms with Gasteiger partial charge in [0.1, 0.15) is 17.4 Å². The molecule has 0 aliphatic carbocycles.